The average molecular weight is 317 g/mol. The van der Waals surface area contributed by atoms with E-state index in [4.69, 9.17) is 30.5 Å². The van der Waals surface area contributed by atoms with Gasteiger partial charge in [-0.05, 0) is 25.5 Å². The van der Waals surface area contributed by atoms with Crippen molar-refractivity contribution in [1.82, 2.24) is 0 Å². The molecule has 0 amide bonds. The van der Waals surface area contributed by atoms with Gasteiger partial charge in [0.2, 0.25) is 0 Å². The van der Waals surface area contributed by atoms with Crippen LogP contribution in [-0.2, 0) is 25.6 Å². The van der Waals surface area contributed by atoms with Gasteiger partial charge in [0, 0.05) is 5.02 Å². The van der Waals surface area contributed by atoms with Crippen molar-refractivity contribution in [2.45, 2.75) is 50.8 Å². The molecule has 6 heteroatoms. The largest absolute Gasteiger partial charge is 0.368 e. The maximum atomic E-state index is 13.0. The van der Waals surface area contributed by atoms with Crippen LogP contribution in [0.2, 0.25) is 5.02 Å². The summed E-state index contributed by atoms with van der Waals surface area (Å²) >= 11 is 6.11. The topological polar surface area (TPSA) is 36.9 Å². The summed E-state index contributed by atoms with van der Waals surface area (Å²) in [6, 6.07) is 7.48. The molecular weight excluding hydrogens is 299 g/mol. The Morgan fingerprint density at radius 1 is 1.33 bits per heavy atom. The van der Waals surface area contributed by atoms with Crippen LogP contribution < -0.4 is 0 Å². The minimum absolute atomic E-state index is 0.188. The summed E-state index contributed by atoms with van der Waals surface area (Å²) in [7, 11) is 0. The summed E-state index contributed by atoms with van der Waals surface area (Å²) in [6.45, 7) is 3.06. The van der Waals surface area contributed by atoms with E-state index in [0.29, 0.717) is 11.6 Å². The molecule has 3 rings (SSSR count). The van der Waals surface area contributed by atoms with E-state index in [1.165, 1.54) is 0 Å². The number of benzene rings is 1. The smallest absolute Gasteiger partial charge is 0.197 e. The van der Waals surface area contributed by atoms with Crippen molar-refractivity contribution in [2.24, 2.45) is 0 Å². The van der Waals surface area contributed by atoms with Crippen molar-refractivity contribution in [2.75, 3.05) is 6.67 Å². The highest BCUT2D eigenvalue weighted by Gasteiger charge is 2.55. The summed E-state index contributed by atoms with van der Waals surface area (Å²) in [5.41, 5.74) is 0.891. The molecule has 116 valence electrons. The highest BCUT2D eigenvalue weighted by molar-refractivity contribution is 6.31. The fourth-order valence-corrected chi connectivity index (χ4v) is 2.85. The van der Waals surface area contributed by atoms with Gasteiger partial charge in [-0.25, -0.2) is 4.39 Å². The van der Waals surface area contributed by atoms with E-state index < -0.39 is 24.9 Å². The second-order valence-corrected chi connectivity index (χ2v) is 5.95. The molecule has 0 saturated carbocycles. The maximum absolute atomic E-state index is 13.0. The monoisotopic (exact) mass is 316 g/mol. The van der Waals surface area contributed by atoms with Crippen LogP contribution in [0.25, 0.3) is 0 Å². The predicted molar refractivity (Wildman–Crippen MR) is 74.7 cm³/mol. The van der Waals surface area contributed by atoms with E-state index in [0.717, 1.165) is 5.56 Å². The van der Waals surface area contributed by atoms with E-state index in [9.17, 15) is 4.39 Å². The van der Waals surface area contributed by atoms with Gasteiger partial charge in [-0.15, -0.1) is 0 Å². The molecule has 0 radical (unpaired) electrons. The van der Waals surface area contributed by atoms with Crippen molar-refractivity contribution in [3.8, 4) is 0 Å². The molecule has 1 aromatic carbocycles. The van der Waals surface area contributed by atoms with Gasteiger partial charge < -0.3 is 18.9 Å². The molecule has 5 atom stereocenters. The summed E-state index contributed by atoms with van der Waals surface area (Å²) in [5.74, 6) is -1.25. The average Bonchev–Trinajstić information content (AvgIpc) is 2.92. The van der Waals surface area contributed by atoms with E-state index in [-0.39, 0.29) is 12.2 Å². The maximum Gasteiger partial charge on any atom is 0.197 e. The molecule has 2 aliphatic heterocycles. The first kappa shape index (κ1) is 15.2. The molecule has 2 aliphatic rings. The lowest BCUT2D eigenvalue weighted by molar-refractivity contribution is -0.231. The zero-order chi connectivity index (χ0) is 15.0. The Bertz CT molecular complexity index is 514. The molecule has 2 fully saturated rings. The van der Waals surface area contributed by atoms with Gasteiger partial charge >= 0.3 is 0 Å². The molecule has 2 heterocycles. The van der Waals surface area contributed by atoms with Gasteiger partial charge in [0.15, 0.2) is 12.1 Å². The van der Waals surface area contributed by atoms with Gasteiger partial charge in [-0.2, -0.15) is 0 Å². The first-order chi connectivity index (χ1) is 10.0. The van der Waals surface area contributed by atoms with Crippen LogP contribution in [0.5, 0.6) is 0 Å². The van der Waals surface area contributed by atoms with E-state index in [2.05, 4.69) is 0 Å². The molecule has 0 spiro atoms. The molecule has 21 heavy (non-hydrogen) atoms. The summed E-state index contributed by atoms with van der Waals surface area (Å²) in [4.78, 5) is 0. The highest BCUT2D eigenvalue weighted by Crippen LogP contribution is 2.39. The second kappa shape index (κ2) is 5.82. The Morgan fingerprint density at radius 2 is 2.10 bits per heavy atom. The number of fused-ring (bicyclic) bond motifs is 1. The van der Waals surface area contributed by atoms with E-state index in [1.807, 2.05) is 31.2 Å². The van der Waals surface area contributed by atoms with Crippen molar-refractivity contribution < 1.29 is 23.3 Å². The third-order valence-electron chi connectivity index (χ3n) is 3.79. The van der Waals surface area contributed by atoms with Gasteiger partial charge in [0.1, 0.15) is 18.9 Å². The number of halogens is 2. The Morgan fingerprint density at radius 3 is 2.81 bits per heavy atom. The third kappa shape index (κ3) is 2.94. The van der Waals surface area contributed by atoms with E-state index >= 15 is 0 Å². The Labute approximate surface area is 128 Å². The first-order valence-electron chi connectivity index (χ1n) is 6.94. The molecular formula is C15H18ClFO4. The van der Waals surface area contributed by atoms with Crippen LogP contribution >= 0.6 is 11.6 Å². The van der Waals surface area contributed by atoms with Gasteiger partial charge in [-0.1, -0.05) is 29.8 Å². The zero-order valence-electron chi connectivity index (χ0n) is 11.9. The van der Waals surface area contributed by atoms with Crippen molar-refractivity contribution >= 4 is 11.6 Å². The normalized spacial score (nSPS) is 38.7. The Kier molecular flexibility index (Phi) is 4.21. The van der Waals surface area contributed by atoms with Crippen molar-refractivity contribution in [3.63, 3.8) is 0 Å². The van der Waals surface area contributed by atoms with Crippen LogP contribution in [0, 0.1) is 0 Å². The van der Waals surface area contributed by atoms with Crippen molar-refractivity contribution in [1.29, 1.82) is 0 Å². The zero-order valence-corrected chi connectivity index (χ0v) is 12.7. The molecule has 4 nitrogen and oxygen atoms in total. The van der Waals surface area contributed by atoms with Crippen LogP contribution in [0.3, 0.4) is 0 Å². The minimum Gasteiger partial charge on any atom is -0.368 e. The predicted octanol–water partition coefficient (Wildman–Crippen LogP) is 3.07. The van der Waals surface area contributed by atoms with Gasteiger partial charge in [0.25, 0.3) is 0 Å². The molecule has 0 N–H and O–H groups in total. The third-order valence-corrected chi connectivity index (χ3v) is 4.15. The Hall–Kier alpha value is -0.720. The number of hydrogen-bond donors (Lipinski definition) is 0. The minimum atomic E-state index is -1.25. The molecule has 0 aliphatic carbocycles. The number of alkyl halides is 1. The van der Waals surface area contributed by atoms with Crippen LogP contribution in [0.4, 0.5) is 4.39 Å². The molecule has 0 aromatic heterocycles. The fraction of sp³-hybridized carbons (Fsp3) is 0.600. The second-order valence-electron chi connectivity index (χ2n) is 5.54. The summed E-state index contributed by atoms with van der Waals surface area (Å²) in [5, 5.41) is 0.651. The molecule has 1 unspecified atom stereocenters. The number of rotatable bonds is 4. The SMILES string of the molecule is C[C@H]1O[C@@H]2OC(C)(CF)O[C@@H]2[C@H]1OCc1ccccc1Cl. The van der Waals surface area contributed by atoms with Gasteiger partial charge in [0.05, 0.1) is 12.7 Å². The lowest BCUT2D eigenvalue weighted by atomic mass is 10.1. The molecule has 2 saturated heterocycles. The summed E-state index contributed by atoms with van der Waals surface area (Å²) in [6.07, 6.45) is -1.52. The lowest BCUT2D eigenvalue weighted by Crippen LogP contribution is -2.37. The number of ether oxygens (including phenoxy) is 4. The van der Waals surface area contributed by atoms with Crippen LogP contribution in [0.15, 0.2) is 24.3 Å². The summed E-state index contributed by atoms with van der Waals surface area (Å²) < 4.78 is 35.6. The highest BCUT2D eigenvalue weighted by atomic mass is 35.5. The quantitative estimate of drug-likeness (QED) is 0.855. The van der Waals surface area contributed by atoms with Gasteiger partial charge in [-0.3, -0.25) is 0 Å². The fourth-order valence-electron chi connectivity index (χ4n) is 2.66. The lowest BCUT2D eigenvalue weighted by Gasteiger charge is -2.25. The molecule has 1 aromatic rings. The molecule has 0 bridgehead atoms. The van der Waals surface area contributed by atoms with Crippen molar-refractivity contribution in [3.05, 3.63) is 34.9 Å². The van der Waals surface area contributed by atoms with Crippen LogP contribution in [0.1, 0.15) is 19.4 Å². The van der Waals surface area contributed by atoms with E-state index in [1.54, 1.807) is 6.92 Å². The first-order valence-corrected chi connectivity index (χ1v) is 7.32. The Balaban J connectivity index is 1.66. The standard InChI is InChI=1S/C15H18ClFO4/c1-9-12(18-7-10-5-3-4-6-11(10)16)13-14(19-9)21-15(2,8-17)20-13/h3-6,9,12-14H,7-8H2,1-2H3/t9-,12+,13-,14-,15?/m1/s1. The number of hydrogen-bond acceptors (Lipinski definition) is 4. The van der Waals surface area contributed by atoms with Crippen LogP contribution in [-0.4, -0.2) is 37.1 Å².